The van der Waals surface area contributed by atoms with Gasteiger partial charge in [0.2, 0.25) is 0 Å². The fourth-order valence-electron chi connectivity index (χ4n) is 2.73. The third-order valence-electron chi connectivity index (χ3n) is 3.85. The maximum absolute atomic E-state index is 11.9. The minimum absolute atomic E-state index is 0.396. The van der Waals surface area contributed by atoms with E-state index < -0.39 is 8.07 Å². The van der Waals surface area contributed by atoms with Crippen LogP contribution in [0.1, 0.15) is 19.8 Å². The number of hydrogen-bond donors (Lipinski definition) is 0. The molecule has 1 aromatic carbocycles. The Kier molecular flexibility index (Phi) is 4.70. The van der Waals surface area contributed by atoms with Crippen molar-refractivity contribution in [3.63, 3.8) is 0 Å². The summed E-state index contributed by atoms with van der Waals surface area (Å²) in [5.41, 5.74) is 0. The molecule has 1 aliphatic carbocycles. The summed E-state index contributed by atoms with van der Waals surface area (Å²) < 4.78 is 2.31. The molecule has 0 saturated heterocycles. The van der Waals surface area contributed by atoms with E-state index in [1.807, 2.05) is 6.92 Å². The van der Waals surface area contributed by atoms with Crippen molar-refractivity contribution in [1.29, 1.82) is 0 Å². The zero-order valence-corrected chi connectivity index (χ0v) is 15.1. The number of ketones is 1. The van der Waals surface area contributed by atoms with E-state index in [2.05, 4.69) is 50.0 Å². The van der Waals surface area contributed by atoms with Crippen molar-refractivity contribution in [3.8, 4) is 0 Å². The summed E-state index contributed by atoms with van der Waals surface area (Å²) in [5, 5.41) is 0. The number of carbonyl (C=O) groups excluding carboxylic acids is 1. The molecule has 0 aliphatic heterocycles. The predicted molar refractivity (Wildman–Crippen MR) is 85.8 cm³/mol. The standard InChI is InChI=1S/C16H24OSeSi/c1-5-15(17)13-11-14(13)16(19(2,3)4)18-12-9-7-6-8-10-12/h6-10,13-14,16H,5,11H2,1-4H3/t13-,14-,16-/m1/s1. The quantitative estimate of drug-likeness (QED) is 0.727. The molecule has 0 bridgehead atoms. The number of rotatable bonds is 6. The molecule has 2 rings (SSSR count). The second-order valence-electron chi connectivity index (χ2n) is 6.54. The van der Waals surface area contributed by atoms with Gasteiger partial charge in [0.05, 0.1) is 0 Å². The van der Waals surface area contributed by atoms with Gasteiger partial charge in [0, 0.05) is 0 Å². The summed E-state index contributed by atoms with van der Waals surface area (Å²) in [6.45, 7) is 9.40. The second-order valence-corrected chi connectivity index (χ2v) is 15.4. The molecule has 19 heavy (non-hydrogen) atoms. The van der Waals surface area contributed by atoms with Crippen LogP contribution < -0.4 is 4.46 Å². The Morgan fingerprint density at radius 1 is 1.32 bits per heavy atom. The summed E-state index contributed by atoms with van der Waals surface area (Å²) in [6.07, 6.45) is 1.88. The van der Waals surface area contributed by atoms with Crippen LogP contribution in [0.2, 0.25) is 24.1 Å². The van der Waals surface area contributed by atoms with E-state index >= 15 is 0 Å². The molecule has 0 spiro atoms. The molecule has 1 saturated carbocycles. The normalized spacial score (nSPS) is 24.0. The Bertz CT molecular complexity index is 438. The van der Waals surface area contributed by atoms with E-state index in [4.69, 9.17) is 0 Å². The van der Waals surface area contributed by atoms with Crippen LogP contribution in [0.25, 0.3) is 0 Å². The van der Waals surface area contributed by atoms with E-state index in [0.717, 1.165) is 17.3 Å². The Labute approximate surface area is 124 Å². The van der Waals surface area contributed by atoms with Gasteiger partial charge in [-0.05, 0) is 0 Å². The Balaban J connectivity index is 2.09. The minimum atomic E-state index is -1.19. The monoisotopic (exact) mass is 340 g/mol. The second kappa shape index (κ2) is 5.95. The Hall–Kier alpha value is -0.374. The summed E-state index contributed by atoms with van der Waals surface area (Å²) in [7, 11) is -1.19. The van der Waals surface area contributed by atoms with Crippen LogP contribution in [0.4, 0.5) is 0 Å². The molecule has 1 aliphatic rings. The summed E-state index contributed by atoms with van der Waals surface area (Å²) in [4.78, 5) is 11.9. The Morgan fingerprint density at radius 3 is 2.47 bits per heavy atom. The van der Waals surface area contributed by atoms with Crippen LogP contribution in [0.3, 0.4) is 0 Å². The van der Waals surface area contributed by atoms with E-state index in [1.165, 1.54) is 4.46 Å². The third-order valence-corrected chi connectivity index (χ3v) is 13.5. The van der Waals surface area contributed by atoms with Gasteiger partial charge in [-0.2, -0.15) is 0 Å². The summed E-state index contributed by atoms with van der Waals surface area (Å²) >= 11 is 0.527. The van der Waals surface area contributed by atoms with E-state index in [-0.39, 0.29) is 0 Å². The van der Waals surface area contributed by atoms with Crippen LogP contribution in [0.5, 0.6) is 0 Å². The Morgan fingerprint density at radius 2 is 1.95 bits per heavy atom. The van der Waals surface area contributed by atoms with E-state index in [9.17, 15) is 4.79 Å². The average molecular weight is 339 g/mol. The van der Waals surface area contributed by atoms with Crippen molar-refractivity contribution < 1.29 is 4.79 Å². The van der Waals surface area contributed by atoms with Gasteiger partial charge in [0.15, 0.2) is 0 Å². The van der Waals surface area contributed by atoms with Gasteiger partial charge >= 0.3 is 124 Å². The van der Waals surface area contributed by atoms with Gasteiger partial charge in [-0.3, -0.25) is 0 Å². The van der Waals surface area contributed by atoms with Crippen molar-refractivity contribution >= 4 is 33.3 Å². The maximum atomic E-state index is 11.9. The molecular formula is C16H24OSeSi. The van der Waals surface area contributed by atoms with Crippen molar-refractivity contribution in [1.82, 2.24) is 0 Å². The summed E-state index contributed by atoms with van der Waals surface area (Å²) in [6, 6.07) is 10.9. The van der Waals surface area contributed by atoms with Gasteiger partial charge in [-0.1, -0.05) is 0 Å². The molecule has 0 heterocycles. The van der Waals surface area contributed by atoms with Crippen LogP contribution in [-0.2, 0) is 4.79 Å². The van der Waals surface area contributed by atoms with Gasteiger partial charge in [-0.15, -0.1) is 0 Å². The molecule has 3 heteroatoms. The van der Waals surface area contributed by atoms with Gasteiger partial charge < -0.3 is 0 Å². The topological polar surface area (TPSA) is 17.1 Å². The fourth-order valence-corrected chi connectivity index (χ4v) is 9.94. The number of carbonyl (C=O) groups is 1. The molecule has 104 valence electrons. The van der Waals surface area contributed by atoms with Crippen molar-refractivity contribution in [2.75, 3.05) is 0 Å². The third kappa shape index (κ3) is 3.81. The van der Waals surface area contributed by atoms with Crippen molar-refractivity contribution in [2.24, 2.45) is 11.8 Å². The SMILES string of the molecule is CCC(=O)[C@@H]1C[C@H]1[C@H]([Se]c1ccccc1)[Si](C)(C)C. The fraction of sp³-hybridized carbons (Fsp3) is 0.562. The van der Waals surface area contributed by atoms with Crippen molar-refractivity contribution in [2.45, 2.75) is 43.8 Å². The van der Waals surface area contributed by atoms with Gasteiger partial charge in [-0.25, -0.2) is 0 Å². The first-order valence-electron chi connectivity index (χ1n) is 7.18. The molecule has 0 radical (unpaired) electrons. The molecule has 1 aromatic rings. The number of hydrogen-bond acceptors (Lipinski definition) is 1. The molecule has 1 fully saturated rings. The zero-order valence-electron chi connectivity index (χ0n) is 12.3. The number of Topliss-reactive ketones (excluding diaryl/α,β-unsaturated/α-hetero) is 1. The molecule has 1 nitrogen and oxygen atoms in total. The first-order valence-corrected chi connectivity index (χ1v) is 12.6. The van der Waals surface area contributed by atoms with Crippen LogP contribution >= 0.6 is 0 Å². The van der Waals surface area contributed by atoms with E-state index in [1.54, 1.807) is 0 Å². The number of benzene rings is 1. The first-order chi connectivity index (χ1) is 8.93. The van der Waals surface area contributed by atoms with Crippen LogP contribution in [0.15, 0.2) is 30.3 Å². The van der Waals surface area contributed by atoms with E-state index in [0.29, 0.717) is 32.6 Å². The zero-order chi connectivity index (χ0) is 14.0. The molecule has 0 N–H and O–H groups in total. The summed E-state index contributed by atoms with van der Waals surface area (Å²) in [5.74, 6) is 1.59. The van der Waals surface area contributed by atoms with Crippen LogP contribution in [0, 0.1) is 11.8 Å². The van der Waals surface area contributed by atoms with Gasteiger partial charge in [0.1, 0.15) is 0 Å². The molecule has 0 amide bonds. The van der Waals surface area contributed by atoms with Crippen molar-refractivity contribution in [3.05, 3.63) is 30.3 Å². The first kappa shape index (κ1) is 15.0. The molecular weight excluding hydrogens is 315 g/mol. The van der Waals surface area contributed by atoms with Crippen LogP contribution in [-0.4, -0.2) is 28.8 Å². The average Bonchev–Trinajstić information content (AvgIpc) is 3.15. The molecule has 0 unspecified atom stereocenters. The predicted octanol–water partition coefficient (Wildman–Crippen LogP) is 3.30. The molecule has 0 aromatic heterocycles. The molecule has 3 atom stereocenters. The van der Waals surface area contributed by atoms with Gasteiger partial charge in [0.25, 0.3) is 0 Å².